The van der Waals surface area contributed by atoms with Gasteiger partial charge in [-0.3, -0.25) is 14.6 Å². The number of hydrogen-bond donors (Lipinski definition) is 1. The fraction of sp³-hybridized carbons (Fsp3) is 0.133. The van der Waals surface area contributed by atoms with Crippen LogP contribution >= 0.6 is 0 Å². The Morgan fingerprint density at radius 2 is 1.65 bits per heavy atom. The van der Waals surface area contributed by atoms with Gasteiger partial charge in [-0.1, -0.05) is 6.07 Å². The van der Waals surface area contributed by atoms with Gasteiger partial charge in [0, 0.05) is 26.5 Å². The highest BCUT2D eigenvalue weighted by Crippen LogP contribution is 2.22. The molecule has 0 atom stereocenters. The fourth-order valence-electron chi connectivity index (χ4n) is 1.90. The van der Waals surface area contributed by atoms with Gasteiger partial charge < -0.3 is 10.6 Å². The third-order valence-corrected chi connectivity index (χ3v) is 2.94. The van der Waals surface area contributed by atoms with E-state index < -0.39 is 5.91 Å². The summed E-state index contributed by atoms with van der Waals surface area (Å²) in [6.45, 7) is 0. The van der Waals surface area contributed by atoms with Gasteiger partial charge in [0.15, 0.2) is 0 Å². The van der Waals surface area contributed by atoms with Crippen LogP contribution in [-0.2, 0) is 0 Å². The molecule has 0 radical (unpaired) electrons. The summed E-state index contributed by atoms with van der Waals surface area (Å²) in [6, 6.07) is 8.70. The van der Waals surface area contributed by atoms with Gasteiger partial charge in [0.05, 0.1) is 11.1 Å². The van der Waals surface area contributed by atoms with Crippen LogP contribution in [0, 0.1) is 0 Å². The molecular formula is C15H15N3O2. The molecule has 2 rings (SSSR count). The summed E-state index contributed by atoms with van der Waals surface area (Å²) >= 11 is 0. The van der Waals surface area contributed by atoms with Crippen LogP contribution in [-0.4, -0.2) is 35.8 Å². The Labute approximate surface area is 117 Å². The Kier molecular flexibility index (Phi) is 3.79. The number of pyridine rings is 1. The zero-order valence-corrected chi connectivity index (χ0v) is 11.3. The highest BCUT2D eigenvalue weighted by atomic mass is 16.2. The van der Waals surface area contributed by atoms with Crippen molar-refractivity contribution in [1.82, 2.24) is 9.88 Å². The van der Waals surface area contributed by atoms with E-state index in [0.29, 0.717) is 5.56 Å². The van der Waals surface area contributed by atoms with Crippen LogP contribution in [0.25, 0.3) is 11.1 Å². The molecule has 20 heavy (non-hydrogen) atoms. The van der Waals surface area contributed by atoms with Crippen LogP contribution in [0.2, 0.25) is 0 Å². The Morgan fingerprint density at radius 1 is 1.00 bits per heavy atom. The van der Waals surface area contributed by atoms with E-state index >= 15 is 0 Å². The summed E-state index contributed by atoms with van der Waals surface area (Å²) in [7, 11) is 3.26. The van der Waals surface area contributed by atoms with E-state index in [1.807, 2.05) is 12.1 Å². The Hall–Kier alpha value is -2.69. The molecule has 0 bridgehead atoms. The summed E-state index contributed by atoms with van der Waals surface area (Å²) < 4.78 is 0. The Balaban J connectivity index is 2.57. The molecule has 0 saturated heterocycles. The second-order valence-corrected chi connectivity index (χ2v) is 4.56. The molecule has 1 heterocycles. The van der Waals surface area contributed by atoms with Gasteiger partial charge in [0.25, 0.3) is 5.91 Å². The lowest BCUT2D eigenvalue weighted by Gasteiger charge is -2.14. The third kappa shape index (κ3) is 2.66. The normalized spacial score (nSPS) is 10.1. The number of carbonyl (C=O) groups excluding carboxylic acids is 2. The van der Waals surface area contributed by atoms with Crippen molar-refractivity contribution < 1.29 is 9.59 Å². The SMILES string of the molecule is CN(C)C(=O)c1cc(-c2ccncc2)ccc1C(N)=O. The predicted octanol–water partition coefficient (Wildman–Crippen LogP) is 1.55. The first-order valence-electron chi connectivity index (χ1n) is 6.06. The van der Waals surface area contributed by atoms with Crippen molar-refractivity contribution in [3.05, 3.63) is 53.9 Å². The maximum absolute atomic E-state index is 12.2. The predicted molar refractivity (Wildman–Crippen MR) is 76.2 cm³/mol. The van der Waals surface area contributed by atoms with Crippen molar-refractivity contribution in [3.63, 3.8) is 0 Å². The quantitative estimate of drug-likeness (QED) is 0.918. The molecule has 0 aliphatic carbocycles. The largest absolute Gasteiger partial charge is 0.366 e. The van der Waals surface area contributed by atoms with Crippen LogP contribution in [0.15, 0.2) is 42.7 Å². The fourth-order valence-corrected chi connectivity index (χ4v) is 1.90. The van der Waals surface area contributed by atoms with Gasteiger partial charge in [-0.15, -0.1) is 0 Å². The average Bonchev–Trinajstić information content (AvgIpc) is 2.46. The second kappa shape index (κ2) is 5.52. The van der Waals surface area contributed by atoms with Gasteiger partial charge in [-0.25, -0.2) is 0 Å². The molecule has 2 amide bonds. The van der Waals surface area contributed by atoms with Crippen molar-refractivity contribution >= 4 is 11.8 Å². The standard InChI is InChI=1S/C15H15N3O2/c1-18(2)15(20)13-9-11(3-4-12(13)14(16)19)10-5-7-17-8-6-10/h3-9H,1-2H3,(H2,16,19). The van der Waals surface area contributed by atoms with E-state index in [4.69, 9.17) is 5.73 Å². The lowest BCUT2D eigenvalue weighted by molar-refractivity contribution is 0.0821. The number of carbonyl (C=O) groups is 2. The van der Waals surface area contributed by atoms with Crippen molar-refractivity contribution in [3.8, 4) is 11.1 Å². The molecule has 2 N–H and O–H groups in total. The number of hydrogen-bond acceptors (Lipinski definition) is 3. The minimum absolute atomic E-state index is 0.224. The van der Waals surface area contributed by atoms with Crippen molar-refractivity contribution in [2.45, 2.75) is 0 Å². The summed E-state index contributed by atoms with van der Waals surface area (Å²) in [5.74, 6) is -0.869. The number of rotatable bonds is 3. The molecule has 102 valence electrons. The number of benzene rings is 1. The van der Waals surface area contributed by atoms with Crippen molar-refractivity contribution in [2.75, 3.05) is 14.1 Å². The zero-order chi connectivity index (χ0) is 14.7. The number of aromatic nitrogens is 1. The molecule has 5 heteroatoms. The molecule has 0 aliphatic heterocycles. The van der Waals surface area contributed by atoms with Gasteiger partial charge in [0.2, 0.25) is 5.91 Å². The molecule has 0 unspecified atom stereocenters. The van der Waals surface area contributed by atoms with Crippen molar-refractivity contribution in [2.24, 2.45) is 5.73 Å². The van der Waals surface area contributed by atoms with Crippen molar-refractivity contribution in [1.29, 1.82) is 0 Å². The van der Waals surface area contributed by atoms with Gasteiger partial charge in [0.1, 0.15) is 0 Å². The monoisotopic (exact) mass is 269 g/mol. The number of nitrogens with two attached hydrogens (primary N) is 1. The van der Waals surface area contributed by atoms with Gasteiger partial charge in [-0.2, -0.15) is 0 Å². The summed E-state index contributed by atoms with van der Waals surface area (Å²) in [5, 5.41) is 0. The minimum Gasteiger partial charge on any atom is -0.366 e. The van der Waals surface area contributed by atoms with E-state index in [9.17, 15) is 9.59 Å². The van der Waals surface area contributed by atoms with E-state index in [2.05, 4.69) is 4.98 Å². The van der Waals surface area contributed by atoms with E-state index in [0.717, 1.165) is 11.1 Å². The third-order valence-electron chi connectivity index (χ3n) is 2.94. The van der Waals surface area contributed by atoms with Crippen LogP contribution in [0.1, 0.15) is 20.7 Å². The minimum atomic E-state index is -0.614. The van der Waals surface area contributed by atoms with Gasteiger partial charge in [-0.05, 0) is 35.4 Å². The average molecular weight is 269 g/mol. The number of amides is 2. The molecule has 0 spiro atoms. The highest BCUT2D eigenvalue weighted by Gasteiger charge is 2.17. The van der Waals surface area contributed by atoms with E-state index in [1.165, 1.54) is 4.90 Å². The molecule has 5 nitrogen and oxygen atoms in total. The molecule has 1 aromatic heterocycles. The molecule has 0 fully saturated rings. The lowest BCUT2D eigenvalue weighted by atomic mass is 9.98. The first kappa shape index (κ1) is 13.7. The maximum atomic E-state index is 12.2. The Morgan fingerprint density at radius 3 is 2.20 bits per heavy atom. The number of nitrogens with zero attached hydrogens (tertiary/aromatic N) is 2. The Bertz CT molecular complexity index is 651. The zero-order valence-electron chi connectivity index (χ0n) is 11.3. The lowest BCUT2D eigenvalue weighted by Crippen LogP contribution is -2.25. The topological polar surface area (TPSA) is 76.3 Å². The smallest absolute Gasteiger partial charge is 0.254 e. The molecule has 1 aromatic carbocycles. The molecular weight excluding hydrogens is 254 g/mol. The second-order valence-electron chi connectivity index (χ2n) is 4.56. The molecule has 0 aliphatic rings. The van der Waals surface area contributed by atoms with Crippen LogP contribution in [0.3, 0.4) is 0 Å². The summed E-state index contributed by atoms with van der Waals surface area (Å²) in [4.78, 5) is 29.0. The summed E-state index contributed by atoms with van der Waals surface area (Å²) in [5.41, 5.74) is 7.60. The molecule has 0 saturated carbocycles. The summed E-state index contributed by atoms with van der Waals surface area (Å²) in [6.07, 6.45) is 3.34. The maximum Gasteiger partial charge on any atom is 0.254 e. The van der Waals surface area contributed by atoms with Crippen LogP contribution < -0.4 is 5.73 Å². The van der Waals surface area contributed by atoms with Crippen LogP contribution in [0.4, 0.5) is 0 Å². The van der Waals surface area contributed by atoms with Gasteiger partial charge >= 0.3 is 0 Å². The first-order valence-corrected chi connectivity index (χ1v) is 6.06. The van der Waals surface area contributed by atoms with Crippen LogP contribution in [0.5, 0.6) is 0 Å². The highest BCUT2D eigenvalue weighted by molar-refractivity contribution is 6.07. The number of primary amides is 1. The van der Waals surface area contributed by atoms with E-state index in [-0.39, 0.29) is 11.5 Å². The first-order chi connectivity index (χ1) is 9.50. The molecule has 2 aromatic rings. The van der Waals surface area contributed by atoms with E-state index in [1.54, 1.807) is 44.7 Å².